The second kappa shape index (κ2) is 8.60. The molecule has 0 radical (unpaired) electrons. The topological polar surface area (TPSA) is 95.4 Å². The lowest BCUT2D eigenvalue weighted by atomic mass is 9.95. The van der Waals surface area contributed by atoms with Crippen LogP contribution in [0.4, 0.5) is 5.95 Å². The third-order valence-electron chi connectivity index (χ3n) is 3.46. The predicted molar refractivity (Wildman–Crippen MR) is 97.8 cm³/mol. The van der Waals surface area contributed by atoms with Crippen molar-refractivity contribution in [3.8, 4) is 0 Å². The maximum absolute atomic E-state index is 12.5. The summed E-state index contributed by atoms with van der Waals surface area (Å²) in [5, 5.41) is 11.8. The van der Waals surface area contributed by atoms with E-state index in [4.69, 9.17) is 0 Å². The van der Waals surface area contributed by atoms with E-state index >= 15 is 0 Å². The van der Waals surface area contributed by atoms with E-state index in [-0.39, 0.29) is 11.1 Å². The van der Waals surface area contributed by atoms with Crippen LogP contribution in [0.15, 0.2) is 18.2 Å². The quantitative estimate of drug-likeness (QED) is 0.735. The number of nitrogens with one attached hydrogen (secondary N) is 1. The van der Waals surface area contributed by atoms with Gasteiger partial charge in [-0.15, -0.1) is 0 Å². The number of amides is 1. The van der Waals surface area contributed by atoms with Crippen molar-refractivity contribution in [3.05, 3.63) is 29.6 Å². The monoisotopic (exact) mass is 348 g/mol. The zero-order valence-electron chi connectivity index (χ0n) is 15.8. The van der Waals surface area contributed by atoms with Gasteiger partial charge < -0.3 is 15.3 Å². The molecule has 2 N–H and O–H groups in total. The van der Waals surface area contributed by atoms with Crippen LogP contribution in [0.25, 0.3) is 0 Å². The third kappa shape index (κ3) is 6.52. The largest absolute Gasteiger partial charge is 0.479 e. The molecule has 1 atom stereocenters. The summed E-state index contributed by atoms with van der Waals surface area (Å²) in [5.74, 6) is -1.19. The number of aliphatic carboxylic acids is 1. The Morgan fingerprint density at radius 2 is 1.88 bits per heavy atom. The Morgan fingerprint density at radius 3 is 2.36 bits per heavy atom. The van der Waals surface area contributed by atoms with Gasteiger partial charge in [0.2, 0.25) is 5.95 Å². The molecule has 0 aromatic carbocycles. The molecule has 1 aromatic heterocycles. The van der Waals surface area contributed by atoms with Crippen molar-refractivity contribution in [1.29, 1.82) is 0 Å². The van der Waals surface area contributed by atoms with Crippen LogP contribution >= 0.6 is 0 Å². The summed E-state index contributed by atoms with van der Waals surface area (Å²) in [6, 6.07) is 0.438. The Labute approximate surface area is 149 Å². The molecule has 1 rings (SSSR count). The van der Waals surface area contributed by atoms with Gasteiger partial charge in [-0.3, -0.25) is 4.79 Å². The number of hydrogen-bond donors (Lipinski definition) is 2. The van der Waals surface area contributed by atoms with Crippen LogP contribution in [0.3, 0.4) is 0 Å². The van der Waals surface area contributed by atoms with E-state index in [1.54, 1.807) is 19.1 Å². The molecule has 0 saturated heterocycles. The molecule has 7 heteroatoms. The van der Waals surface area contributed by atoms with E-state index in [1.807, 2.05) is 39.5 Å². The molecule has 0 bridgehead atoms. The van der Waals surface area contributed by atoms with Gasteiger partial charge in [-0.25, -0.2) is 14.8 Å². The summed E-state index contributed by atoms with van der Waals surface area (Å²) in [6.45, 7) is 13.0. The summed E-state index contributed by atoms with van der Waals surface area (Å²) in [4.78, 5) is 34.4. The highest BCUT2D eigenvalue weighted by Gasteiger charge is 2.21. The van der Waals surface area contributed by atoms with Gasteiger partial charge in [-0.2, -0.15) is 0 Å². The minimum atomic E-state index is -1.12. The fraction of sp³-hybridized carbons (Fsp3) is 0.556. The van der Waals surface area contributed by atoms with Crippen LogP contribution < -0.4 is 10.2 Å². The SMILES string of the molecule is CCN(CC)c1nc(C)cc(C(=O)N[C@H](/C=C/C(C)(C)C)C(=O)O)n1. The molecule has 1 amide bonds. The average Bonchev–Trinajstić information content (AvgIpc) is 2.50. The maximum atomic E-state index is 12.5. The number of carboxylic acid groups (broad SMARTS) is 1. The number of aromatic nitrogens is 2. The molecular formula is C18H28N4O3. The van der Waals surface area contributed by atoms with Crippen LogP contribution in [0, 0.1) is 12.3 Å². The highest BCUT2D eigenvalue weighted by molar-refractivity contribution is 5.95. The molecule has 1 heterocycles. The van der Waals surface area contributed by atoms with Crippen molar-refractivity contribution in [3.63, 3.8) is 0 Å². The summed E-state index contributed by atoms with van der Waals surface area (Å²) >= 11 is 0. The zero-order valence-corrected chi connectivity index (χ0v) is 15.8. The first-order chi connectivity index (χ1) is 11.6. The van der Waals surface area contributed by atoms with Crippen LogP contribution in [-0.4, -0.2) is 46.1 Å². The van der Waals surface area contributed by atoms with E-state index in [0.29, 0.717) is 24.7 Å². The Bertz CT molecular complexity index is 646. The molecular weight excluding hydrogens is 320 g/mol. The molecule has 0 saturated carbocycles. The molecule has 1 aromatic rings. The maximum Gasteiger partial charge on any atom is 0.330 e. The number of rotatable bonds is 7. The van der Waals surface area contributed by atoms with E-state index in [1.165, 1.54) is 6.08 Å². The summed E-state index contributed by atoms with van der Waals surface area (Å²) in [5.41, 5.74) is 0.629. The minimum absolute atomic E-state index is 0.157. The lowest BCUT2D eigenvalue weighted by Crippen LogP contribution is -2.40. The van der Waals surface area contributed by atoms with E-state index in [2.05, 4.69) is 15.3 Å². The Morgan fingerprint density at radius 1 is 1.28 bits per heavy atom. The standard InChI is InChI=1S/C18H28N4O3/c1-7-22(8-2)17-19-12(3)11-14(21-17)15(23)20-13(16(24)25)9-10-18(4,5)6/h9-11,13H,7-8H2,1-6H3,(H,20,23)(H,24,25)/b10-9+/t13-/m1/s1. The average molecular weight is 348 g/mol. The normalized spacial score (nSPS) is 12.9. The van der Waals surface area contributed by atoms with Crippen LogP contribution in [0.5, 0.6) is 0 Å². The van der Waals surface area contributed by atoms with Crippen LogP contribution in [-0.2, 0) is 4.79 Å². The molecule has 0 aliphatic rings. The number of carbonyl (C=O) groups is 2. The van der Waals surface area contributed by atoms with Crippen LogP contribution in [0.2, 0.25) is 0 Å². The van der Waals surface area contributed by atoms with Gasteiger partial charge in [-0.1, -0.05) is 32.9 Å². The number of carbonyl (C=O) groups excluding carboxylic acids is 1. The molecule has 25 heavy (non-hydrogen) atoms. The van der Waals surface area contributed by atoms with Crippen molar-refractivity contribution in [2.75, 3.05) is 18.0 Å². The highest BCUT2D eigenvalue weighted by Crippen LogP contribution is 2.15. The van der Waals surface area contributed by atoms with Crippen molar-refractivity contribution in [2.45, 2.75) is 47.6 Å². The second-order valence-corrected chi connectivity index (χ2v) is 6.88. The Hall–Kier alpha value is -2.44. The van der Waals surface area contributed by atoms with Crippen molar-refractivity contribution in [2.24, 2.45) is 5.41 Å². The fourth-order valence-corrected chi connectivity index (χ4v) is 2.11. The molecule has 7 nitrogen and oxygen atoms in total. The van der Waals surface area contributed by atoms with Crippen molar-refractivity contribution >= 4 is 17.8 Å². The lowest BCUT2D eigenvalue weighted by Gasteiger charge is -2.19. The minimum Gasteiger partial charge on any atom is -0.479 e. The van der Waals surface area contributed by atoms with Gasteiger partial charge in [-0.05, 0) is 32.3 Å². The zero-order chi connectivity index (χ0) is 19.2. The molecule has 0 aliphatic heterocycles. The van der Waals surface area contributed by atoms with Gasteiger partial charge in [0.25, 0.3) is 5.91 Å². The lowest BCUT2D eigenvalue weighted by molar-refractivity contribution is -0.137. The van der Waals surface area contributed by atoms with E-state index in [9.17, 15) is 14.7 Å². The number of anilines is 1. The van der Waals surface area contributed by atoms with Gasteiger partial charge in [0.1, 0.15) is 11.7 Å². The Kier molecular flexibility index (Phi) is 7.09. The van der Waals surface area contributed by atoms with Crippen molar-refractivity contribution in [1.82, 2.24) is 15.3 Å². The fourth-order valence-electron chi connectivity index (χ4n) is 2.11. The van der Waals surface area contributed by atoms with Crippen molar-refractivity contribution < 1.29 is 14.7 Å². The van der Waals surface area contributed by atoms with Gasteiger partial charge in [0.15, 0.2) is 0 Å². The molecule has 138 valence electrons. The summed E-state index contributed by atoms with van der Waals surface area (Å²) < 4.78 is 0. The predicted octanol–water partition coefficient (Wildman–Crippen LogP) is 2.42. The number of aryl methyl sites for hydroxylation is 1. The Balaban J connectivity index is 3.05. The first kappa shape index (κ1) is 20.6. The second-order valence-electron chi connectivity index (χ2n) is 6.88. The molecule has 0 fully saturated rings. The first-order valence-corrected chi connectivity index (χ1v) is 8.41. The van der Waals surface area contributed by atoms with E-state index in [0.717, 1.165) is 0 Å². The van der Waals surface area contributed by atoms with E-state index < -0.39 is 17.9 Å². The number of carboxylic acids is 1. The summed E-state index contributed by atoms with van der Waals surface area (Å²) in [7, 11) is 0. The van der Waals surface area contributed by atoms with Gasteiger partial charge in [0, 0.05) is 18.8 Å². The number of hydrogen-bond acceptors (Lipinski definition) is 5. The third-order valence-corrected chi connectivity index (χ3v) is 3.46. The highest BCUT2D eigenvalue weighted by atomic mass is 16.4. The smallest absolute Gasteiger partial charge is 0.330 e. The summed E-state index contributed by atoms with van der Waals surface area (Å²) in [6.07, 6.45) is 3.25. The number of allylic oxidation sites excluding steroid dienone is 1. The number of nitrogens with zero attached hydrogens (tertiary/aromatic N) is 3. The van der Waals surface area contributed by atoms with Gasteiger partial charge >= 0.3 is 5.97 Å². The molecule has 0 spiro atoms. The first-order valence-electron chi connectivity index (χ1n) is 8.41. The van der Waals surface area contributed by atoms with Gasteiger partial charge in [0.05, 0.1) is 0 Å². The molecule has 0 unspecified atom stereocenters. The van der Waals surface area contributed by atoms with Crippen LogP contribution in [0.1, 0.15) is 50.8 Å². The molecule has 0 aliphatic carbocycles.